The van der Waals surface area contributed by atoms with Gasteiger partial charge in [0.1, 0.15) is 5.60 Å². The van der Waals surface area contributed by atoms with Crippen LogP contribution in [0.25, 0.3) is 4.48 Å². The predicted octanol–water partition coefficient (Wildman–Crippen LogP) is 4.96. The van der Waals surface area contributed by atoms with E-state index < -0.39 is 5.60 Å². The van der Waals surface area contributed by atoms with E-state index in [1.807, 2.05) is 26.8 Å². The molecule has 26 heavy (non-hydrogen) atoms. The summed E-state index contributed by atoms with van der Waals surface area (Å²) < 4.78 is 11.9. The number of methoxy groups -OCH3 is 1. The van der Waals surface area contributed by atoms with Gasteiger partial charge in [-0.3, -0.25) is 0 Å². The van der Waals surface area contributed by atoms with Gasteiger partial charge in [0.25, 0.3) is 0 Å². The van der Waals surface area contributed by atoms with E-state index >= 15 is 0 Å². The largest absolute Gasteiger partial charge is 0.481 e. The van der Waals surface area contributed by atoms with Crippen LogP contribution >= 0.6 is 15.9 Å². The Kier molecular flexibility index (Phi) is 5.61. The molecule has 0 unspecified atom stereocenters. The fourth-order valence-corrected chi connectivity index (χ4v) is 3.76. The summed E-state index contributed by atoms with van der Waals surface area (Å²) in [5.74, 6) is 1.61. The first-order valence-corrected chi connectivity index (χ1v) is 9.96. The Balaban J connectivity index is 1.66. The molecule has 0 radical (unpaired) electrons. The van der Waals surface area contributed by atoms with Crippen LogP contribution in [0.15, 0.2) is 18.2 Å². The molecular formula is C20H27BrN2O3. The Morgan fingerprint density at radius 3 is 2.65 bits per heavy atom. The fourth-order valence-electron chi connectivity index (χ4n) is 3.16. The predicted molar refractivity (Wildman–Crippen MR) is 106 cm³/mol. The highest BCUT2D eigenvalue weighted by atomic mass is 79.9. The number of ether oxygens (including phenoxy) is 2. The van der Waals surface area contributed by atoms with Crippen molar-refractivity contribution < 1.29 is 14.3 Å². The summed E-state index contributed by atoms with van der Waals surface area (Å²) in [6, 6.07) is 4.16. The molecule has 1 aromatic heterocycles. The molecule has 1 aliphatic heterocycles. The van der Waals surface area contributed by atoms with Crippen LogP contribution in [0.5, 0.6) is 5.88 Å². The molecule has 5 nitrogen and oxygen atoms in total. The maximum absolute atomic E-state index is 12.2. The zero-order valence-corrected chi connectivity index (χ0v) is 17.5. The summed E-state index contributed by atoms with van der Waals surface area (Å²) >= 11 is 3.65. The summed E-state index contributed by atoms with van der Waals surface area (Å²) in [5, 5.41) is 0. The number of hydrogen-bond acceptors (Lipinski definition) is 4. The smallest absolute Gasteiger partial charge is 0.410 e. The van der Waals surface area contributed by atoms with Crippen LogP contribution in [0, 0.1) is 5.92 Å². The second-order valence-corrected chi connectivity index (χ2v) is 8.91. The SMILES string of the molecule is COc1nc(C(Br)=C[C@H]2CCN(C(=O)OC(C)(C)C)C2)ccc1C1CC1. The molecule has 2 heterocycles. The first-order valence-electron chi connectivity index (χ1n) is 9.17. The Bertz CT molecular complexity index is 707. The lowest BCUT2D eigenvalue weighted by Crippen LogP contribution is -2.35. The van der Waals surface area contributed by atoms with Gasteiger partial charge in [0.15, 0.2) is 0 Å². The molecule has 1 amide bonds. The number of carbonyl (C=O) groups excluding carboxylic acids is 1. The number of pyridine rings is 1. The molecule has 1 aliphatic carbocycles. The Morgan fingerprint density at radius 2 is 2.04 bits per heavy atom. The van der Waals surface area contributed by atoms with E-state index in [1.54, 1.807) is 12.0 Å². The highest BCUT2D eigenvalue weighted by Crippen LogP contribution is 2.44. The van der Waals surface area contributed by atoms with Gasteiger partial charge in [-0.1, -0.05) is 12.1 Å². The van der Waals surface area contributed by atoms with Crippen molar-refractivity contribution in [2.75, 3.05) is 20.2 Å². The van der Waals surface area contributed by atoms with Crippen molar-refractivity contribution in [3.8, 4) is 5.88 Å². The van der Waals surface area contributed by atoms with Crippen LogP contribution in [0.2, 0.25) is 0 Å². The summed E-state index contributed by atoms with van der Waals surface area (Å²) in [4.78, 5) is 18.6. The number of likely N-dealkylation sites (tertiary alicyclic amines) is 1. The minimum absolute atomic E-state index is 0.238. The highest BCUT2D eigenvalue weighted by molar-refractivity contribution is 9.15. The molecule has 0 bridgehead atoms. The van der Waals surface area contributed by atoms with Crippen LogP contribution in [0.3, 0.4) is 0 Å². The lowest BCUT2D eigenvalue weighted by Gasteiger charge is -2.24. The molecule has 0 aromatic carbocycles. The van der Waals surface area contributed by atoms with Crippen molar-refractivity contribution in [3.05, 3.63) is 29.5 Å². The quantitative estimate of drug-likeness (QED) is 0.687. The Hall–Kier alpha value is -1.56. The average Bonchev–Trinajstić information content (AvgIpc) is 3.31. The molecule has 3 rings (SSSR count). The van der Waals surface area contributed by atoms with Crippen LogP contribution in [-0.4, -0.2) is 41.8 Å². The van der Waals surface area contributed by atoms with E-state index in [2.05, 4.69) is 33.1 Å². The highest BCUT2D eigenvalue weighted by Gasteiger charge is 2.30. The van der Waals surface area contributed by atoms with Gasteiger partial charge in [-0.25, -0.2) is 9.78 Å². The van der Waals surface area contributed by atoms with E-state index in [0.717, 1.165) is 22.5 Å². The molecule has 0 N–H and O–H groups in total. The van der Waals surface area contributed by atoms with Gasteiger partial charge in [0, 0.05) is 23.1 Å². The number of nitrogens with zero attached hydrogens (tertiary/aromatic N) is 2. The van der Waals surface area contributed by atoms with Crippen LogP contribution < -0.4 is 4.74 Å². The zero-order chi connectivity index (χ0) is 18.9. The number of carbonyl (C=O) groups is 1. The number of rotatable bonds is 4. The molecule has 1 saturated heterocycles. The third-order valence-electron chi connectivity index (χ3n) is 4.60. The molecule has 142 valence electrons. The van der Waals surface area contributed by atoms with Gasteiger partial charge in [-0.2, -0.15) is 0 Å². The maximum Gasteiger partial charge on any atom is 0.410 e. The van der Waals surface area contributed by atoms with Crippen LogP contribution in [0.1, 0.15) is 57.2 Å². The first kappa shape index (κ1) is 19.2. The van der Waals surface area contributed by atoms with Gasteiger partial charge in [-0.15, -0.1) is 0 Å². The van der Waals surface area contributed by atoms with E-state index in [9.17, 15) is 4.79 Å². The molecule has 6 heteroatoms. The van der Waals surface area contributed by atoms with Crippen molar-refractivity contribution >= 4 is 26.5 Å². The normalized spacial score (nSPS) is 21.0. The summed E-state index contributed by atoms with van der Waals surface area (Å²) in [7, 11) is 1.67. The third-order valence-corrected chi connectivity index (χ3v) is 5.27. The zero-order valence-electron chi connectivity index (χ0n) is 15.9. The van der Waals surface area contributed by atoms with Crippen molar-refractivity contribution in [3.63, 3.8) is 0 Å². The van der Waals surface area contributed by atoms with Gasteiger partial charge in [0.2, 0.25) is 5.88 Å². The number of aromatic nitrogens is 1. The summed E-state index contributed by atoms with van der Waals surface area (Å²) in [6.07, 6.45) is 5.26. The van der Waals surface area contributed by atoms with E-state index in [4.69, 9.17) is 9.47 Å². The average molecular weight is 423 g/mol. The van der Waals surface area contributed by atoms with Crippen LogP contribution in [-0.2, 0) is 4.74 Å². The standard InChI is InChI=1S/C20H27BrN2O3/c1-20(2,3)26-19(24)23-10-9-13(12-23)11-16(21)17-8-7-15(14-5-6-14)18(22-17)25-4/h7-8,11,13-14H,5-6,9-10,12H2,1-4H3/t13-/m1/s1. The van der Waals surface area contributed by atoms with Crippen molar-refractivity contribution in [1.82, 2.24) is 9.88 Å². The van der Waals surface area contributed by atoms with Crippen molar-refractivity contribution in [2.24, 2.45) is 5.92 Å². The maximum atomic E-state index is 12.2. The van der Waals surface area contributed by atoms with Gasteiger partial charge in [0.05, 0.1) is 12.8 Å². The Labute approximate surface area is 163 Å². The minimum Gasteiger partial charge on any atom is -0.481 e. The van der Waals surface area contributed by atoms with Gasteiger partial charge in [-0.05, 0) is 73.9 Å². The third kappa shape index (κ3) is 4.78. The van der Waals surface area contributed by atoms with Crippen molar-refractivity contribution in [2.45, 2.75) is 51.6 Å². The van der Waals surface area contributed by atoms with Crippen molar-refractivity contribution in [1.29, 1.82) is 0 Å². The second-order valence-electron chi connectivity index (χ2n) is 8.06. The lowest BCUT2D eigenvalue weighted by molar-refractivity contribution is 0.0291. The van der Waals surface area contributed by atoms with E-state index in [1.165, 1.54) is 18.4 Å². The van der Waals surface area contributed by atoms with Gasteiger partial charge >= 0.3 is 6.09 Å². The number of amides is 1. The number of halogens is 1. The summed E-state index contributed by atoms with van der Waals surface area (Å²) in [5.41, 5.74) is 1.60. The second kappa shape index (κ2) is 7.59. The Morgan fingerprint density at radius 1 is 1.31 bits per heavy atom. The number of hydrogen-bond donors (Lipinski definition) is 0. The molecular weight excluding hydrogens is 396 g/mol. The van der Waals surface area contributed by atoms with Gasteiger partial charge < -0.3 is 14.4 Å². The molecule has 1 atom stereocenters. The molecule has 1 saturated carbocycles. The first-order chi connectivity index (χ1) is 12.3. The summed E-state index contributed by atoms with van der Waals surface area (Å²) in [6.45, 7) is 7.05. The molecule has 1 aromatic rings. The molecule has 2 fully saturated rings. The lowest BCUT2D eigenvalue weighted by atomic mass is 10.1. The minimum atomic E-state index is -0.463. The topological polar surface area (TPSA) is 51.7 Å². The molecule has 0 spiro atoms. The molecule has 2 aliphatic rings. The van der Waals surface area contributed by atoms with E-state index in [0.29, 0.717) is 19.0 Å². The van der Waals surface area contributed by atoms with Crippen LogP contribution in [0.4, 0.5) is 4.79 Å². The monoisotopic (exact) mass is 422 g/mol. The fraction of sp³-hybridized carbons (Fsp3) is 0.600. The van der Waals surface area contributed by atoms with E-state index in [-0.39, 0.29) is 12.0 Å².